The Morgan fingerprint density at radius 2 is 2.11 bits per heavy atom. The average molecular weight is 350 g/mol. The molecule has 2 rings (SSSR count). The highest BCUT2D eigenvalue weighted by Gasteiger charge is 2.20. The van der Waals surface area contributed by atoms with Crippen molar-refractivity contribution in [2.45, 2.75) is 31.7 Å². The maximum absolute atomic E-state index is 6.07. The minimum atomic E-state index is 0.186. The van der Waals surface area contributed by atoms with Gasteiger partial charge in [0.05, 0.1) is 24.3 Å². The molecular formula is C14H18BrClO3. The highest BCUT2D eigenvalue weighted by molar-refractivity contribution is 9.10. The molecule has 0 radical (unpaired) electrons. The first-order valence-electron chi connectivity index (χ1n) is 6.50. The van der Waals surface area contributed by atoms with Crippen LogP contribution in [0.25, 0.3) is 0 Å². The first-order valence-corrected chi connectivity index (χ1v) is 7.83. The van der Waals surface area contributed by atoms with Crippen molar-refractivity contribution in [3.8, 4) is 11.5 Å². The van der Waals surface area contributed by atoms with Gasteiger partial charge in [0.1, 0.15) is 6.10 Å². The molecule has 0 aliphatic carbocycles. The average Bonchev–Trinajstić information content (AvgIpc) is 2.43. The Balaban J connectivity index is 2.20. The molecular weight excluding hydrogens is 332 g/mol. The molecule has 1 saturated heterocycles. The summed E-state index contributed by atoms with van der Waals surface area (Å²) in [5.74, 6) is 1.97. The lowest BCUT2D eigenvalue weighted by atomic mass is 10.1. The Labute approximate surface area is 127 Å². The van der Waals surface area contributed by atoms with E-state index in [1.807, 2.05) is 19.1 Å². The Kier molecular flexibility index (Phi) is 5.79. The molecule has 0 bridgehead atoms. The number of benzene rings is 1. The van der Waals surface area contributed by atoms with Crippen LogP contribution in [0.2, 0.25) is 0 Å². The molecule has 1 aliphatic rings. The predicted octanol–water partition coefficient (Wildman–Crippen LogP) is 4.14. The zero-order valence-corrected chi connectivity index (χ0v) is 13.3. The van der Waals surface area contributed by atoms with Crippen molar-refractivity contribution in [2.24, 2.45) is 0 Å². The smallest absolute Gasteiger partial charge is 0.175 e. The quantitative estimate of drug-likeness (QED) is 0.748. The number of rotatable bonds is 5. The van der Waals surface area contributed by atoms with Crippen molar-refractivity contribution >= 4 is 27.5 Å². The van der Waals surface area contributed by atoms with Crippen LogP contribution in [0.5, 0.6) is 11.5 Å². The maximum Gasteiger partial charge on any atom is 0.175 e. The molecule has 0 spiro atoms. The lowest BCUT2D eigenvalue weighted by molar-refractivity contribution is 0.0240. The monoisotopic (exact) mass is 348 g/mol. The molecule has 1 aromatic carbocycles. The second-order valence-electron chi connectivity index (χ2n) is 4.40. The van der Waals surface area contributed by atoms with E-state index in [0.717, 1.165) is 47.6 Å². The highest BCUT2D eigenvalue weighted by atomic mass is 79.9. The van der Waals surface area contributed by atoms with E-state index in [4.69, 9.17) is 25.8 Å². The molecule has 3 nitrogen and oxygen atoms in total. The number of ether oxygens (including phenoxy) is 3. The Morgan fingerprint density at radius 3 is 2.74 bits per heavy atom. The minimum absolute atomic E-state index is 0.186. The fourth-order valence-corrected chi connectivity index (χ4v) is 2.77. The van der Waals surface area contributed by atoms with Crippen molar-refractivity contribution in [1.82, 2.24) is 0 Å². The largest absolute Gasteiger partial charge is 0.490 e. The molecule has 0 saturated carbocycles. The number of halogens is 2. The molecule has 1 heterocycles. The van der Waals surface area contributed by atoms with Crippen molar-refractivity contribution < 1.29 is 14.2 Å². The molecule has 0 N–H and O–H groups in total. The van der Waals surface area contributed by atoms with E-state index < -0.39 is 0 Å². The molecule has 106 valence electrons. The van der Waals surface area contributed by atoms with E-state index in [9.17, 15) is 0 Å². The zero-order chi connectivity index (χ0) is 13.7. The van der Waals surface area contributed by atoms with Gasteiger partial charge < -0.3 is 14.2 Å². The molecule has 0 atom stereocenters. The van der Waals surface area contributed by atoms with Gasteiger partial charge in [0.2, 0.25) is 0 Å². The van der Waals surface area contributed by atoms with Gasteiger partial charge >= 0.3 is 0 Å². The van der Waals surface area contributed by atoms with E-state index in [1.165, 1.54) is 0 Å². The van der Waals surface area contributed by atoms with Crippen molar-refractivity contribution in [3.63, 3.8) is 0 Å². The number of alkyl halides is 1. The van der Waals surface area contributed by atoms with E-state index >= 15 is 0 Å². The highest BCUT2D eigenvalue weighted by Crippen LogP contribution is 2.38. The van der Waals surface area contributed by atoms with Gasteiger partial charge in [-0.15, -0.1) is 11.6 Å². The lowest BCUT2D eigenvalue weighted by Crippen LogP contribution is -2.26. The van der Waals surface area contributed by atoms with Gasteiger partial charge in [0.15, 0.2) is 11.5 Å². The van der Waals surface area contributed by atoms with Gasteiger partial charge in [-0.05, 0) is 40.5 Å². The number of hydrogen-bond donors (Lipinski definition) is 0. The molecule has 19 heavy (non-hydrogen) atoms. The topological polar surface area (TPSA) is 27.7 Å². The standard InChI is InChI=1S/C14H18BrClO3/c1-2-18-13-8-10(9-16)7-12(15)14(13)19-11-3-5-17-6-4-11/h7-8,11H,2-6,9H2,1H3. The summed E-state index contributed by atoms with van der Waals surface area (Å²) < 4.78 is 18.0. The maximum atomic E-state index is 6.07. The van der Waals surface area contributed by atoms with E-state index in [2.05, 4.69) is 15.9 Å². The summed E-state index contributed by atoms with van der Waals surface area (Å²) in [6.07, 6.45) is 2.01. The van der Waals surface area contributed by atoms with Crippen molar-refractivity contribution in [3.05, 3.63) is 22.2 Å². The summed E-state index contributed by atoms with van der Waals surface area (Å²) >= 11 is 9.42. The second-order valence-corrected chi connectivity index (χ2v) is 5.52. The molecule has 1 aliphatic heterocycles. The molecule has 1 fully saturated rings. The first kappa shape index (κ1) is 14.9. The van der Waals surface area contributed by atoms with Crippen molar-refractivity contribution in [1.29, 1.82) is 0 Å². The Hall–Kier alpha value is -0.450. The van der Waals surface area contributed by atoms with Crippen LogP contribution in [0.3, 0.4) is 0 Å². The number of hydrogen-bond acceptors (Lipinski definition) is 3. The SMILES string of the molecule is CCOc1cc(CCl)cc(Br)c1OC1CCOCC1. The summed E-state index contributed by atoms with van der Waals surface area (Å²) in [6, 6.07) is 3.92. The van der Waals surface area contributed by atoms with Crippen LogP contribution >= 0.6 is 27.5 Å². The van der Waals surface area contributed by atoms with Gasteiger partial charge in [0.25, 0.3) is 0 Å². The fourth-order valence-electron chi connectivity index (χ4n) is 2.04. The summed E-state index contributed by atoms with van der Waals surface area (Å²) in [5.41, 5.74) is 1.01. The van der Waals surface area contributed by atoms with Crippen molar-refractivity contribution in [2.75, 3.05) is 19.8 Å². The zero-order valence-electron chi connectivity index (χ0n) is 11.0. The summed E-state index contributed by atoms with van der Waals surface area (Å²) in [6.45, 7) is 4.07. The van der Waals surface area contributed by atoms with Gasteiger partial charge in [-0.1, -0.05) is 0 Å². The Morgan fingerprint density at radius 1 is 1.37 bits per heavy atom. The third kappa shape index (κ3) is 4.01. The molecule has 0 unspecified atom stereocenters. The van der Waals surface area contributed by atoms with Crippen LogP contribution in [0.4, 0.5) is 0 Å². The third-order valence-electron chi connectivity index (χ3n) is 2.98. The predicted molar refractivity (Wildman–Crippen MR) is 79.3 cm³/mol. The summed E-state index contributed by atoms with van der Waals surface area (Å²) in [7, 11) is 0. The van der Waals surface area contributed by atoms with Crippen LogP contribution in [0.15, 0.2) is 16.6 Å². The summed E-state index contributed by atoms with van der Waals surface area (Å²) in [4.78, 5) is 0. The van der Waals surface area contributed by atoms with Crippen LogP contribution in [-0.2, 0) is 10.6 Å². The fraction of sp³-hybridized carbons (Fsp3) is 0.571. The second kappa shape index (κ2) is 7.36. The van der Waals surface area contributed by atoms with Crippen LogP contribution < -0.4 is 9.47 Å². The van der Waals surface area contributed by atoms with Crippen LogP contribution in [0.1, 0.15) is 25.3 Å². The van der Waals surface area contributed by atoms with Gasteiger partial charge in [-0.3, -0.25) is 0 Å². The van der Waals surface area contributed by atoms with Crippen LogP contribution in [-0.4, -0.2) is 25.9 Å². The molecule has 5 heteroatoms. The van der Waals surface area contributed by atoms with E-state index in [0.29, 0.717) is 12.5 Å². The van der Waals surface area contributed by atoms with Gasteiger partial charge in [-0.25, -0.2) is 0 Å². The molecule has 1 aromatic rings. The van der Waals surface area contributed by atoms with E-state index in [-0.39, 0.29) is 6.10 Å². The third-order valence-corrected chi connectivity index (χ3v) is 3.87. The van der Waals surface area contributed by atoms with Gasteiger partial charge in [0, 0.05) is 18.7 Å². The normalized spacial score (nSPS) is 16.4. The lowest BCUT2D eigenvalue weighted by Gasteiger charge is -2.25. The minimum Gasteiger partial charge on any atom is -0.490 e. The van der Waals surface area contributed by atoms with Crippen LogP contribution in [0, 0.1) is 0 Å². The molecule has 0 amide bonds. The van der Waals surface area contributed by atoms with E-state index in [1.54, 1.807) is 0 Å². The van der Waals surface area contributed by atoms with Gasteiger partial charge in [-0.2, -0.15) is 0 Å². The molecule has 0 aromatic heterocycles. The summed E-state index contributed by atoms with van der Waals surface area (Å²) in [5, 5.41) is 0. The Bertz CT molecular complexity index is 419. The first-order chi connectivity index (χ1) is 9.24.